The highest BCUT2D eigenvalue weighted by molar-refractivity contribution is 5.98. The highest BCUT2D eigenvalue weighted by atomic mass is 16.5. The number of ether oxygens (including phenoxy) is 1. The standard InChI is InChI=1S/C13H17N3O3/c1-7(2)12(14)13(18)15-8-3-4-10-9(5-8)16-11(17)6-19-10/h3-5,7,12H,6,14H2,1-2H3,(H,15,18)(H,16,17). The summed E-state index contributed by atoms with van der Waals surface area (Å²) in [5.41, 5.74) is 6.88. The van der Waals surface area contributed by atoms with E-state index in [0.29, 0.717) is 17.1 Å². The first kappa shape index (κ1) is 13.4. The van der Waals surface area contributed by atoms with Gasteiger partial charge < -0.3 is 21.1 Å². The minimum atomic E-state index is -0.568. The van der Waals surface area contributed by atoms with Gasteiger partial charge in [0.25, 0.3) is 5.91 Å². The molecule has 4 N–H and O–H groups in total. The van der Waals surface area contributed by atoms with Crippen molar-refractivity contribution >= 4 is 23.2 Å². The van der Waals surface area contributed by atoms with E-state index in [9.17, 15) is 9.59 Å². The number of nitrogens with one attached hydrogen (secondary N) is 2. The fourth-order valence-corrected chi connectivity index (χ4v) is 1.69. The van der Waals surface area contributed by atoms with Crippen LogP contribution in [-0.4, -0.2) is 24.5 Å². The number of fused-ring (bicyclic) bond motifs is 1. The van der Waals surface area contributed by atoms with E-state index < -0.39 is 6.04 Å². The lowest BCUT2D eigenvalue weighted by Gasteiger charge is -2.20. The van der Waals surface area contributed by atoms with E-state index in [-0.39, 0.29) is 24.3 Å². The molecule has 1 unspecified atom stereocenters. The third kappa shape index (κ3) is 3.03. The molecular formula is C13H17N3O3. The van der Waals surface area contributed by atoms with Gasteiger partial charge in [0.05, 0.1) is 11.7 Å². The molecule has 0 radical (unpaired) electrons. The van der Waals surface area contributed by atoms with Crippen molar-refractivity contribution in [2.45, 2.75) is 19.9 Å². The molecule has 0 saturated heterocycles. The summed E-state index contributed by atoms with van der Waals surface area (Å²) in [5, 5.41) is 5.40. The van der Waals surface area contributed by atoms with Gasteiger partial charge in [-0.2, -0.15) is 0 Å². The predicted molar refractivity (Wildman–Crippen MR) is 72.0 cm³/mol. The van der Waals surface area contributed by atoms with Crippen molar-refractivity contribution < 1.29 is 14.3 Å². The molecule has 1 aliphatic rings. The molecule has 0 spiro atoms. The number of benzene rings is 1. The minimum Gasteiger partial charge on any atom is -0.482 e. The summed E-state index contributed by atoms with van der Waals surface area (Å²) in [6.45, 7) is 3.77. The number of rotatable bonds is 3. The molecule has 0 aliphatic carbocycles. The lowest BCUT2D eigenvalue weighted by atomic mass is 10.0. The Hall–Kier alpha value is -2.08. The van der Waals surface area contributed by atoms with E-state index in [1.54, 1.807) is 18.2 Å². The summed E-state index contributed by atoms with van der Waals surface area (Å²) in [7, 11) is 0. The van der Waals surface area contributed by atoms with Gasteiger partial charge in [-0.15, -0.1) is 0 Å². The molecule has 1 atom stereocenters. The van der Waals surface area contributed by atoms with Crippen molar-refractivity contribution in [2.75, 3.05) is 17.2 Å². The van der Waals surface area contributed by atoms with Crippen molar-refractivity contribution in [1.29, 1.82) is 0 Å². The topological polar surface area (TPSA) is 93.5 Å². The SMILES string of the molecule is CC(C)C(N)C(=O)Nc1ccc2c(c1)NC(=O)CO2. The monoisotopic (exact) mass is 263 g/mol. The maximum absolute atomic E-state index is 11.8. The average Bonchev–Trinajstić information content (AvgIpc) is 2.37. The lowest BCUT2D eigenvalue weighted by molar-refractivity contribution is -0.119. The quantitative estimate of drug-likeness (QED) is 0.756. The molecule has 0 bridgehead atoms. The van der Waals surface area contributed by atoms with Crippen LogP contribution in [0.3, 0.4) is 0 Å². The molecule has 1 heterocycles. The molecule has 1 aliphatic heterocycles. The van der Waals surface area contributed by atoms with Crippen LogP contribution in [0.4, 0.5) is 11.4 Å². The summed E-state index contributed by atoms with van der Waals surface area (Å²) in [5.74, 6) is 0.180. The maximum Gasteiger partial charge on any atom is 0.262 e. The second-order valence-corrected chi connectivity index (χ2v) is 4.81. The Morgan fingerprint density at radius 3 is 2.89 bits per heavy atom. The molecule has 102 valence electrons. The van der Waals surface area contributed by atoms with Crippen molar-refractivity contribution in [1.82, 2.24) is 0 Å². The van der Waals surface area contributed by atoms with Crippen LogP contribution in [0.15, 0.2) is 18.2 Å². The van der Waals surface area contributed by atoms with Gasteiger partial charge >= 0.3 is 0 Å². The molecule has 19 heavy (non-hydrogen) atoms. The van der Waals surface area contributed by atoms with Crippen molar-refractivity contribution in [3.63, 3.8) is 0 Å². The van der Waals surface area contributed by atoms with Crippen molar-refractivity contribution in [3.05, 3.63) is 18.2 Å². The molecule has 2 amide bonds. The number of carbonyl (C=O) groups is 2. The molecule has 1 aromatic carbocycles. The van der Waals surface area contributed by atoms with Crippen LogP contribution in [0.2, 0.25) is 0 Å². The third-order valence-corrected chi connectivity index (χ3v) is 2.90. The number of hydrogen-bond acceptors (Lipinski definition) is 4. The fourth-order valence-electron chi connectivity index (χ4n) is 1.69. The maximum atomic E-state index is 11.8. The Balaban J connectivity index is 2.12. The van der Waals surface area contributed by atoms with E-state index in [2.05, 4.69) is 10.6 Å². The van der Waals surface area contributed by atoms with E-state index in [4.69, 9.17) is 10.5 Å². The summed E-state index contributed by atoms with van der Waals surface area (Å²) >= 11 is 0. The number of hydrogen-bond donors (Lipinski definition) is 3. The Morgan fingerprint density at radius 2 is 2.21 bits per heavy atom. The largest absolute Gasteiger partial charge is 0.482 e. The first-order valence-electron chi connectivity index (χ1n) is 6.10. The van der Waals surface area contributed by atoms with Gasteiger partial charge in [0.15, 0.2) is 6.61 Å². The molecule has 6 nitrogen and oxygen atoms in total. The van der Waals surface area contributed by atoms with E-state index in [1.807, 2.05) is 13.8 Å². The summed E-state index contributed by atoms with van der Waals surface area (Å²) in [4.78, 5) is 23.0. The Bertz CT molecular complexity index is 514. The number of nitrogens with two attached hydrogens (primary N) is 1. The van der Waals surface area contributed by atoms with Gasteiger partial charge in [-0.05, 0) is 24.1 Å². The van der Waals surface area contributed by atoms with Crippen LogP contribution in [0.1, 0.15) is 13.8 Å². The van der Waals surface area contributed by atoms with Crippen LogP contribution in [0.25, 0.3) is 0 Å². The molecular weight excluding hydrogens is 246 g/mol. The van der Waals surface area contributed by atoms with Crippen LogP contribution in [0, 0.1) is 5.92 Å². The van der Waals surface area contributed by atoms with Crippen LogP contribution < -0.4 is 21.1 Å². The van der Waals surface area contributed by atoms with Gasteiger partial charge in [0.2, 0.25) is 5.91 Å². The van der Waals surface area contributed by atoms with Crippen molar-refractivity contribution in [3.8, 4) is 5.75 Å². The second kappa shape index (κ2) is 5.27. The van der Waals surface area contributed by atoms with Crippen LogP contribution in [0.5, 0.6) is 5.75 Å². The Labute approximate surface area is 111 Å². The minimum absolute atomic E-state index is 0.0108. The molecule has 6 heteroatoms. The predicted octanol–water partition coefficient (Wildman–Crippen LogP) is 0.939. The molecule has 1 aromatic rings. The van der Waals surface area contributed by atoms with E-state index >= 15 is 0 Å². The van der Waals surface area contributed by atoms with Crippen molar-refractivity contribution in [2.24, 2.45) is 11.7 Å². The molecule has 0 saturated carbocycles. The van der Waals surface area contributed by atoms with Gasteiger partial charge in [0, 0.05) is 5.69 Å². The summed E-state index contributed by atoms with van der Waals surface area (Å²) in [6, 6.07) is 4.49. The lowest BCUT2D eigenvalue weighted by Crippen LogP contribution is -2.39. The summed E-state index contributed by atoms with van der Waals surface area (Å²) < 4.78 is 5.23. The number of carbonyl (C=O) groups excluding carboxylic acids is 2. The number of amides is 2. The van der Waals surface area contributed by atoms with Crippen LogP contribution >= 0.6 is 0 Å². The van der Waals surface area contributed by atoms with Gasteiger partial charge in [-0.3, -0.25) is 9.59 Å². The van der Waals surface area contributed by atoms with E-state index in [0.717, 1.165) is 0 Å². The zero-order valence-corrected chi connectivity index (χ0v) is 10.9. The molecule has 0 aromatic heterocycles. The first-order valence-corrected chi connectivity index (χ1v) is 6.10. The van der Waals surface area contributed by atoms with Gasteiger partial charge in [-0.25, -0.2) is 0 Å². The second-order valence-electron chi connectivity index (χ2n) is 4.81. The Kier molecular flexibility index (Phi) is 3.71. The van der Waals surface area contributed by atoms with Gasteiger partial charge in [-0.1, -0.05) is 13.8 Å². The highest BCUT2D eigenvalue weighted by Crippen LogP contribution is 2.30. The normalized spacial score (nSPS) is 15.3. The Morgan fingerprint density at radius 1 is 1.47 bits per heavy atom. The smallest absolute Gasteiger partial charge is 0.262 e. The number of anilines is 2. The molecule has 2 rings (SSSR count). The highest BCUT2D eigenvalue weighted by Gasteiger charge is 2.19. The van der Waals surface area contributed by atoms with Gasteiger partial charge in [0.1, 0.15) is 5.75 Å². The third-order valence-electron chi connectivity index (χ3n) is 2.90. The zero-order chi connectivity index (χ0) is 14.0. The first-order chi connectivity index (χ1) is 8.97. The zero-order valence-electron chi connectivity index (χ0n) is 10.9. The molecule has 0 fully saturated rings. The van der Waals surface area contributed by atoms with Crippen LogP contribution in [-0.2, 0) is 9.59 Å². The fraction of sp³-hybridized carbons (Fsp3) is 0.385. The average molecular weight is 263 g/mol. The van der Waals surface area contributed by atoms with E-state index in [1.165, 1.54) is 0 Å². The summed E-state index contributed by atoms with van der Waals surface area (Å²) in [6.07, 6.45) is 0.